The summed E-state index contributed by atoms with van der Waals surface area (Å²) in [6.45, 7) is 1.97. The number of hydrogen-bond donors (Lipinski definition) is 1. The molecule has 1 atom stereocenters. The van der Waals surface area contributed by atoms with Gasteiger partial charge in [-0.1, -0.05) is 23.7 Å². The Kier molecular flexibility index (Phi) is 4.28. The van der Waals surface area contributed by atoms with Gasteiger partial charge in [0.1, 0.15) is 5.82 Å². The van der Waals surface area contributed by atoms with Gasteiger partial charge < -0.3 is 5.73 Å². The van der Waals surface area contributed by atoms with Crippen LogP contribution in [0.1, 0.15) is 23.9 Å². The van der Waals surface area contributed by atoms with E-state index in [-0.39, 0.29) is 6.04 Å². The van der Waals surface area contributed by atoms with Crippen molar-refractivity contribution in [2.45, 2.75) is 25.8 Å². The Balaban J connectivity index is 2.04. The lowest BCUT2D eigenvalue weighted by Crippen LogP contribution is -2.18. The standard InChI is InChI=1S/C14H16ClN3/c1-10(16)6-12-8-17-14(18-9-12)7-11-2-4-13(15)5-3-11/h2-5,8-10H,6-7,16H2,1H3. The van der Waals surface area contributed by atoms with E-state index in [9.17, 15) is 0 Å². The van der Waals surface area contributed by atoms with E-state index in [1.165, 1.54) is 0 Å². The van der Waals surface area contributed by atoms with Crippen molar-refractivity contribution in [3.8, 4) is 0 Å². The molecule has 0 aliphatic rings. The summed E-state index contributed by atoms with van der Waals surface area (Å²) in [5, 5.41) is 0.743. The number of aromatic nitrogens is 2. The zero-order chi connectivity index (χ0) is 13.0. The molecule has 2 aromatic rings. The molecule has 94 valence electrons. The molecule has 0 fully saturated rings. The van der Waals surface area contributed by atoms with Gasteiger partial charge in [0.25, 0.3) is 0 Å². The molecule has 1 heterocycles. The molecular formula is C14H16ClN3. The minimum absolute atomic E-state index is 0.135. The van der Waals surface area contributed by atoms with Gasteiger partial charge in [-0.25, -0.2) is 9.97 Å². The number of hydrogen-bond acceptors (Lipinski definition) is 3. The molecule has 18 heavy (non-hydrogen) atoms. The van der Waals surface area contributed by atoms with E-state index >= 15 is 0 Å². The van der Waals surface area contributed by atoms with Gasteiger partial charge in [-0.15, -0.1) is 0 Å². The van der Waals surface area contributed by atoms with Gasteiger partial charge in [-0.05, 0) is 36.6 Å². The van der Waals surface area contributed by atoms with Gasteiger partial charge in [0.15, 0.2) is 0 Å². The summed E-state index contributed by atoms with van der Waals surface area (Å²) < 4.78 is 0. The summed E-state index contributed by atoms with van der Waals surface area (Å²) in [5.41, 5.74) is 7.96. The minimum Gasteiger partial charge on any atom is -0.328 e. The summed E-state index contributed by atoms with van der Waals surface area (Å²) in [5.74, 6) is 0.811. The number of rotatable bonds is 4. The maximum Gasteiger partial charge on any atom is 0.132 e. The van der Waals surface area contributed by atoms with Crippen LogP contribution in [0.15, 0.2) is 36.7 Å². The molecule has 3 nitrogen and oxygen atoms in total. The third-order valence-electron chi connectivity index (χ3n) is 2.59. The average molecular weight is 262 g/mol. The SMILES string of the molecule is CC(N)Cc1cnc(Cc2ccc(Cl)cc2)nc1. The summed E-state index contributed by atoms with van der Waals surface area (Å²) >= 11 is 5.84. The number of nitrogens with two attached hydrogens (primary N) is 1. The first-order chi connectivity index (χ1) is 8.63. The Morgan fingerprint density at radius 1 is 1.11 bits per heavy atom. The van der Waals surface area contributed by atoms with Crippen LogP contribution in [0.4, 0.5) is 0 Å². The quantitative estimate of drug-likeness (QED) is 0.921. The van der Waals surface area contributed by atoms with Crippen LogP contribution in [0.3, 0.4) is 0 Å². The van der Waals surface area contributed by atoms with Gasteiger partial charge in [-0.2, -0.15) is 0 Å². The van der Waals surface area contributed by atoms with Crippen LogP contribution >= 0.6 is 11.6 Å². The van der Waals surface area contributed by atoms with Crippen molar-refractivity contribution in [2.75, 3.05) is 0 Å². The highest BCUT2D eigenvalue weighted by atomic mass is 35.5. The second-order valence-corrected chi connectivity index (χ2v) is 4.93. The fourth-order valence-electron chi connectivity index (χ4n) is 1.73. The van der Waals surface area contributed by atoms with Crippen molar-refractivity contribution in [3.05, 3.63) is 58.6 Å². The van der Waals surface area contributed by atoms with Crippen LogP contribution in [0.5, 0.6) is 0 Å². The van der Waals surface area contributed by atoms with Gasteiger partial charge >= 0.3 is 0 Å². The summed E-state index contributed by atoms with van der Waals surface area (Å²) in [4.78, 5) is 8.70. The van der Waals surface area contributed by atoms with Gasteiger partial charge in [0.2, 0.25) is 0 Å². The molecule has 2 rings (SSSR count). The van der Waals surface area contributed by atoms with Crippen LogP contribution in [-0.4, -0.2) is 16.0 Å². The van der Waals surface area contributed by atoms with E-state index in [2.05, 4.69) is 9.97 Å². The van der Waals surface area contributed by atoms with Crippen molar-refractivity contribution >= 4 is 11.6 Å². The number of halogens is 1. The van der Waals surface area contributed by atoms with Crippen LogP contribution in [0, 0.1) is 0 Å². The van der Waals surface area contributed by atoms with E-state index < -0.39 is 0 Å². The van der Waals surface area contributed by atoms with Gasteiger partial charge in [0, 0.05) is 29.9 Å². The smallest absolute Gasteiger partial charge is 0.132 e. The fraction of sp³-hybridized carbons (Fsp3) is 0.286. The van der Waals surface area contributed by atoms with Gasteiger partial charge in [-0.3, -0.25) is 0 Å². The number of nitrogens with zero attached hydrogens (tertiary/aromatic N) is 2. The second kappa shape index (κ2) is 5.94. The first-order valence-electron chi connectivity index (χ1n) is 5.93. The van der Waals surface area contributed by atoms with E-state index in [1.54, 1.807) is 0 Å². The lowest BCUT2D eigenvalue weighted by Gasteiger charge is -2.05. The van der Waals surface area contributed by atoms with Crippen molar-refractivity contribution in [2.24, 2.45) is 5.73 Å². The highest BCUT2D eigenvalue weighted by molar-refractivity contribution is 6.30. The molecule has 1 aromatic heterocycles. The van der Waals surface area contributed by atoms with Gasteiger partial charge in [0.05, 0.1) is 0 Å². The molecule has 0 saturated carbocycles. The summed E-state index contributed by atoms with van der Waals surface area (Å²) in [6, 6.07) is 7.86. The molecule has 0 aliphatic heterocycles. The van der Waals surface area contributed by atoms with Crippen LogP contribution in [-0.2, 0) is 12.8 Å². The molecule has 0 saturated heterocycles. The Morgan fingerprint density at radius 3 is 2.28 bits per heavy atom. The lowest BCUT2D eigenvalue weighted by molar-refractivity contribution is 0.729. The van der Waals surface area contributed by atoms with Crippen molar-refractivity contribution < 1.29 is 0 Å². The van der Waals surface area contributed by atoms with E-state index in [0.717, 1.165) is 34.8 Å². The van der Waals surface area contributed by atoms with Crippen molar-refractivity contribution in [3.63, 3.8) is 0 Å². The molecule has 2 N–H and O–H groups in total. The fourth-order valence-corrected chi connectivity index (χ4v) is 1.86. The molecule has 0 amide bonds. The Bertz CT molecular complexity index is 491. The highest BCUT2D eigenvalue weighted by Gasteiger charge is 2.02. The molecular weight excluding hydrogens is 246 g/mol. The molecule has 1 unspecified atom stereocenters. The van der Waals surface area contributed by atoms with Crippen molar-refractivity contribution in [1.82, 2.24) is 9.97 Å². The molecule has 0 spiro atoms. The summed E-state index contributed by atoms with van der Waals surface area (Å²) in [7, 11) is 0. The van der Waals surface area contributed by atoms with Crippen molar-refractivity contribution in [1.29, 1.82) is 0 Å². The van der Waals surface area contributed by atoms with E-state index in [0.29, 0.717) is 0 Å². The normalized spacial score (nSPS) is 12.4. The number of benzene rings is 1. The monoisotopic (exact) mass is 261 g/mol. The maximum absolute atomic E-state index is 5.84. The van der Waals surface area contributed by atoms with Crippen LogP contribution in [0.25, 0.3) is 0 Å². The van der Waals surface area contributed by atoms with Crippen LogP contribution < -0.4 is 5.73 Å². The zero-order valence-electron chi connectivity index (χ0n) is 10.3. The molecule has 0 aliphatic carbocycles. The average Bonchev–Trinajstić information content (AvgIpc) is 2.34. The molecule has 0 radical (unpaired) electrons. The highest BCUT2D eigenvalue weighted by Crippen LogP contribution is 2.12. The predicted molar refractivity (Wildman–Crippen MR) is 73.6 cm³/mol. The largest absolute Gasteiger partial charge is 0.328 e. The molecule has 4 heteroatoms. The Labute approximate surface area is 112 Å². The Hall–Kier alpha value is -1.45. The third-order valence-corrected chi connectivity index (χ3v) is 2.84. The lowest BCUT2D eigenvalue weighted by atomic mass is 10.1. The van der Waals surface area contributed by atoms with E-state index in [1.807, 2.05) is 43.6 Å². The topological polar surface area (TPSA) is 51.8 Å². The predicted octanol–water partition coefficient (Wildman–Crippen LogP) is 2.61. The molecule has 1 aromatic carbocycles. The summed E-state index contributed by atoms with van der Waals surface area (Å²) in [6.07, 6.45) is 5.22. The Morgan fingerprint density at radius 2 is 1.72 bits per heavy atom. The first-order valence-corrected chi connectivity index (χ1v) is 6.31. The van der Waals surface area contributed by atoms with E-state index in [4.69, 9.17) is 17.3 Å². The minimum atomic E-state index is 0.135. The molecule has 0 bridgehead atoms. The maximum atomic E-state index is 5.84. The third kappa shape index (κ3) is 3.79. The zero-order valence-corrected chi connectivity index (χ0v) is 11.1. The second-order valence-electron chi connectivity index (χ2n) is 4.49. The first kappa shape index (κ1) is 13.0. The van der Waals surface area contributed by atoms with Crippen LogP contribution in [0.2, 0.25) is 5.02 Å².